The number of hydrogen-bond acceptors (Lipinski definition) is 7. The Morgan fingerprint density at radius 1 is 0.939 bits per heavy atom. The van der Waals surface area contributed by atoms with Crippen molar-refractivity contribution in [3.63, 3.8) is 0 Å². The van der Waals surface area contributed by atoms with Crippen LogP contribution in [0.15, 0.2) is 60.2 Å². The van der Waals surface area contributed by atoms with E-state index in [0.717, 1.165) is 73.0 Å². The highest BCUT2D eigenvalue weighted by molar-refractivity contribution is 7.18. The van der Waals surface area contributed by atoms with Gasteiger partial charge < -0.3 is 20.9 Å². The highest BCUT2D eigenvalue weighted by Gasteiger charge is 2.16. The molecule has 2 aromatic carbocycles. The van der Waals surface area contributed by atoms with Gasteiger partial charge in [0, 0.05) is 43.2 Å². The number of nitrogens with one attached hydrogen (secondary N) is 1. The molecule has 7 heteroatoms. The fraction of sp³-hybridized carbons (Fsp3) is 0.308. The van der Waals surface area contributed by atoms with Gasteiger partial charge in [-0.05, 0) is 72.3 Å². The molecule has 0 bridgehead atoms. The molecule has 6 nitrogen and oxygen atoms in total. The Morgan fingerprint density at radius 2 is 1.70 bits per heavy atom. The number of nitrogens with zero attached hydrogens (tertiary/aromatic N) is 4. The summed E-state index contributed by atoms with van der Waals surface area (Å²) >= 11 is 1.71. The van der Waals surface area contributed by atoms with Crippen LogP contribution in [0.25, 0.3) is 10.2 Å². The number of likely N-dealkylation sites (N-methyl/N-ethyl adjacent to an activating group) is 1. The van der Waals surface area contributed by atoms with Gasteiger partial charge in [-0.2, -0.15) is 0 Å². The molecule has 2 aromatic heterocycles. The quantitative estimate of drug-likeness (QED) is 0.382. The predicted molar refractivity (Wildman–Crippen MR) is 140 cm³/mol. The van der Waals surface area contributed by atoms with E-state index >= 15 is 0 Å². The average molecular weight is 459 g/mol. The third kappa shape index (κ3) is 4.94. The van der Waals surface area contributed by atoms with Crippen LogP contribution in [-0.2, 0) is 12.8 Å². The molecular weight excluding hydrogens is 428 g/mol. The molecule has 33 heavy (non-hydrogen) atoms. The number of aromatic nitrogens is 2. The smallest absolute Gasteiger partial charge is 0.151 e. The van der Waals surface area contributed by atoms with E-state index in [9.17, 15) is 0 Å². The van der Waals surface area contributed by atoms with E-state index in [4.69, 9.17) is 5.73 Å². The van der Waals surface area contributed by atoms with E-state index in [-0.39, 0.29) is 0 Å². The lowest BCUT2D eigenvalue weighted by atomic mass is 10.1. The van der Waals surface area contributed by atoms with Crippen molar-refractivity contribution in [3.05, 3.63) is 71.4 Å². The molecule has 0 radical (unpaired) electrons. The van der Waals surface area contributed by atoms with Crippen LogP contribution >= 0.6 is 11.3 Å². The van der Waals surface area contributed by atoms with Gasteiger partial charge in [0.1, 0.15) is 6.33 Å². The molecule has 4 aromatic rings. The summed E-state index contributed by atoms with van der Waals surface area (Å²) in [6.07, 6.45) is 3.57. The van der Waals surface area contributed by atoms with Crippen LogP contribution in [0, 0.1) is 0 Å². The maximum Gasteiger partial charge on any atom is 0.151 e. The van der Waals surface area contributed by atoms with Gasteiger partial charge in [0.25, 0.3) is 0 Å². The molecule has 1 aliphatic rings. The van der Waals surface area contributed by atoms with Crippen LogP contribution in [-0.4, -0.2) is 47.6 Å². The molecule has 170 valence electrons. The Kier molecular flexibility index (Phi) is 6.41. The lowest BCUT2D eigenvalue weighted by Gasteiger charge is -2.35. The number of piperazine rings is 1. The predicted octanol–water partition coefficient (Wildman–Crippen LogP) is 4.94. The van der Waals surface area contributed by atoms with E-state index in [2.05, 4.69) is 73.8 Å². The fourth-order valence-corrected chi connectivity index (χ4v) is 5.34. The normalized spacial score (nSPS) is 14.6. The van der Waals surface area contributed by atoms with Gasteiger partial charge in [0.05, 0.1) is 10.2 Å². The van der Waals surface area contributed by atoms with Gasteiger partial charge in [0.15, 0.2) is 5.82 Å². The summed E-state index contributed by atoms with van der Waals surface area (Å²) in [5, 5.41) is 5.71. The Hall–Kier alpha value is -3.16. The van der Waals surface area contributed by atoms with Gasteiger partial charge >= 0.3 is 0 Å². The van der Waals surface area contributed by atoms with E-state index in [1.807, 2.05) is 12.1 Å². The number of fused-ring (bicyclic) bond motifs is 1. The minimum Gasteiger partial charge on any atom is -0.399 e. The zero-order valence-corrected chi connectivity index (χ0v) is 19.8. The minimum absolute atomic E-state index is 0.801. The Labute approximate surface area is 199 Å². The first kappa shape index (κ1) is 21.7. The standard InChI is InChI=1S/C26H30N6S/c1-2-31-13-15-32(16-14-31)23-11-9-22(10-12-23)30-26-25-24(28-18-29-26)20(17-33-25)6-3-19-4-7-21(27)8-5-19/h4-5,7-12,17-18H,2-3,6,13-16,27H2,1H3,(H,28,29,30). The Morgan fingerprint density at radius 3 is 2.42 bits per heavy atom. The zero-order valence-electron chi connectivity index (χ0n) is 19.0. The molecule has 3 heterocycles. The summed E-state index contributed by atoms with van der Waals surface area (Å²) in [7, 11) is 0. The molecule has 0 unspecified atom stereocenters. The number of thiophene rings is 1. The first-order valence-electron chi connectivity index (χ1n) is 11.6. The van der Waals surface area contributed by atoms with Crippen molar-refractivity contribution in [2.24, 2.45) is 0 Å². The highest BCUT2D eigenvalue weighted by atomic mass is 32.1. The van der Waals surface area contributed by atoms with Crippen LogP contribution in [0.1, 0.15) is 18.1 Å². The maximum atomic E-state index is 5.80. The first-order valence-corrected chi connectivity index (χ1v) is 12.5. The van der Waals surface area contributed by atoms with Crippen LogP contribution in [0.5, 0.6) is 0 Å². The molecule has 0 amide bonds. The van der Waals surface area contributed by atoms with Gasteiger partial charge in [-0.25, -0.2) is 9.97 Å². The monoisotopic (exact) mass is 458 g/mol. The third-order valence-corrected chi connectivity index (χ3v) is 7.43. The number of rotatable bonds is 7. The van der Waals surface area contributed by atoms with E-state index in [0.29, 0.717) is 0 Å². The summed E-state index contributed by atoms with van der Waals surface area (Å²) in [4.78, 5) is 14.1. The maximum absolute atomic E-state index is 5.80. The van der Waals surface area contributed by atoms with Gasteiger partial charge in [-0.1, -0.05) is 19.1 Å². The first-order chi connectivity index (χ1) is 16.2. The van der Waals surface area contributed by atoms with Crippen LogP contribution in [0.3, 0.4) is 0 Å². The molecule has 1 aliphatic heterocycles. The second kappa shape index (κ2) is 9.77. The summed E-state index contributed by atoms with van der Waals surface area (Å²) in [6.45, 7) is 7.80. The summed E-state index contributed by atoms with van der Waals surface area (Å²) in [6, 6.07) is 16.8. The second-order valence-electron chi connectivity index (χ2n) is 8.50. The van der Waals surface area contributed by atoms with Gasteiger partial charge in [-0.15, -0.1) is 11.3 Å². The topological polar surface area (TPSA) is 70.3 Å². The number of benzene rings is 2. The molecule has 0 aliphatic carbocycles. The Balaban J connectivity index is 1.27. The number of anilines is 4. The van der Waals surface area contributed by atoms with Crippen LogP contribution in [0.2, 0.25) is 0 Å². The average Bonchev–Trinajstić information content (AvgIpc) is 3.28. The minimum atomic E-state index is 0.801. The molecule has 0 atom stereocenters. The van der Waals surface area contributed by atoms with Crippen molar-refractivity contribution in [1.82, 2.24) is 14.9 Å². The van der Waals surface area contributed by atoms with Crippen LogP contribution < -0.4 is 16.0 Å². The van der Waals surface area contributed by atoms with Crippen molar-refractivity contribution in [3.8, 4) is 0 Å². The number of nitrogen functional groups attached to an aromatic ring is 1. The van der Waals surface area contributed by atoms with Crippen molar-refractivity contribution in [2.75, 3.05) is 48.7 Å². The molecule has 0 spiro atoms. The largest absolute Gasteiger partial charge is 0.399 e. The zero-order chi connectivity index (χ0) is 22.6. The summed E-state index contributed by atoms with van der Waals surface area (Å²) in [5.74, 6) is 0.869. The molecule has 5 rings (SSSR count). The van der Waals surface area contributed by atoms with Crippen molar-refractivity contribution >= 4 is 44.4 Å². The molecular formula is C26H30N6S. The Bertz CT molecular complexity index is 1190. The molecule has 0 saturated carbocycles. The van der Waals surface area contributed by atoms with Crippen LogP contribution in [0.4, 0.5) is 22.9 Å². The lowest BCUT2D eigenvalue weighted by molar-refractivity contribution is 0.271. The van der Waals surface area contributed by atoms with E-state index < -0.39 is 0 Å². The van der Waals surface area contributed by atoms with Crippen molar-refractivity contribution < 1.29 is 0 Å². The number of aryl methyl sites for hydroxylation is 2. The number of nitrogens with two attached hydrogens (primary N) is 1. The van der Waals surface area contributed by atoms with Gasteiger partial charge in [0.2, 0.25) is 0 Å². The molecule has 3 N–H and O–H groups in total. The molecule has 1 saturated heterocycles. The summed E-state index contributed by atoms with van der Waals surface area (Å²) < 4.78 is 1.10. The summed E-state index contributed by atoms with van der Waals surface area (Å²) in [5.41, 5.74) is 12.5. The number of hydrogen-bond donors (Lipinski definition) is 2. The fourth-order valence-electron chi connectivity index (χ4n) is 4.34. The van der Waals surface area contributed by atoms with Crippen molar-refractivity contribution in [1.29, 1.82) is 0 Å². The highest BCUT2D eigenvalue weighted by Crippen LogP contribution is 2.32. The third-order valence-electron chi connectivity index (χ3n) is 6.40. The van der Waals surface area contributed by atoms with E-state index in [1.54, 1.807) is 17.7 Å². The lowest BCUT2D eigenvalue weighted by Crippen LogP contribution is -2.46. The molecule has 1 fully saturated rings. The SMILES string of the molecule is CCN1CCN(c2ccc(Nc3ncnc4c(CCc5ccc(N)cc5)csc34)cc2)CC1. The van der Waals surface area contributed by atoms with Crippen molar-refractivity contribution in [2.45, 2.75) is 19.8 Å². The van der Waals surface area contributed by atoms with Gasteiger partial charge in [-0.3, -0.25) is 0 Å². The second-order valence-corrected chi connectivity index (χ2v) is 9.38. The van der Waals surface area contributed by atoms with E-state index in [1.165, 1.54) is 16.8 Å².